The molecule has 0 N–H and O–H groups in total. The summed E-state index contributed by atoms with van der Waals surface area (Å²) >= 11 is -3.11. The third-order valence-corrected chi connectivity index (χ3v) is 0. The molecule has 0 aliphatic heterocycles. The minimum Gasteiger partial charge on any atom is -0.784 e. The van der Waals surface area contributed by atoms with E-state index in [-0.39, 0.29) is 26.6 Å². The number of hydrogen-bond donors (Lipinski definition) is 0. The molecule has 0 fully saturated rings. The largest absolute Gasteiger partial charge is 2.00 e. The van der Waals surface area contributed by atoms with Crippen molar-refractivity contribution in [3.05, 3.63) is 0 Å². The molecule has 39 valence electrons. The summed E-state index contributed by atoms with van der Waals surface area (Å²) in [4.78, 5) is 0. The van der Waals surface area contributed by atoms with Gasteiger partial charge in [0.15, 0.2) is 0 Å². The molecule has 4 nitrogen and oxygen atoms in total. The van der Waals surface area contributed by atoms with Gasteiger partial charge in [-0.1, -0.05) is 0 Å². The number of hydrogen-bond acceptors (Lipinski definition) is 3. The molecule has 0 aliphatic rings. The van der Waals surface area contributed by atoms with Gasteiger partial charge in [0.1, 0.15) is 0 Å². The van der Waals surface area contributed by atoms with Crippen molar-refractivity contribution < 1.29 is 33.7 Å². The summed E-state index contributed by atoms with van der Waals surface area (Å²) in [5.74, 6) is 0. The van der Waals surface area contributed by atoms with E-state index in [1.54, 1.807) is 0 Å². The Bertz CT molecular complexity index is 33.8. The maximum Gasteiger partial charge on any atom is 2.00 e. The Morgan fingerprint density at radius 2 is 1.33 bits per heavy atom. The van der Waals surface area contributed by atoms with Crippen LogP contribution < -0.4 is 6.15 Å². The Labute approximate surface area is 51.7 Å². The van der Waals surface area contributed by atoms with Crippen molar-refractivity contribution in [3.63, 3.8) is 0 Å². The second kappa shape index (κ2) is 9.19. The van der Waals surface area contributed by atoms with Gasteiger partial charge in [-0.3, -0.25) is 4.21 Å². The first-order valence-corrected chi connectivity index (χ1v) is 1.50. The van der Waals surface area contributed by atoms with Gasteiger partial charge in [-0.05, 0) is 0 Å². The van der Waals surface area contributed by atoms with Crippen LogP contribution in [0.25, 0.3) is 0 Å². The van der Waals surface area contributed by atoms with Crippen LogP contribution in [0.3, 0.4) is 0 Å². The third kappa shape index (κ3) is 133. The second-order valence-corrected chi connectivity index (χ2v) is 0.612. The SMILES string of the molecule is O=S([O-])[O-].[N].[Pd+2]. The number of nitrogens with zero attached hydrogens (tertiary/aromatic N) is 1. The summed E-state index contributed by atoms with van der Waals surface area (Å²) in [7, 11) is 0. The van der Waals surface area contributed by atoms with E-state index in [1.807, 2.05) is 0 Å². The summed E-state index contributed by atoms with van der Waals surface area (Å²) in [6, 6.07) is 0. The average Bonchev–Trinajstić information content (AvgIpc) is 0.811. The van der Waals surface area contributed by atoms with Gasteiger partial charge in [0.25, 0.3) is 0 Å². The van der Waals surface area contributed by atoms with Crippen LogP contribution in [0.1, 0.15) is 0 Å². The first-order chi connectivity index (χ1) is 1.73. The predicted molar refractivity (Wildman–Crippen MR) is 11.8 cm³/mol. The normalized spacial score (nSPS) is 5.83. The Morgan fingerprint density at radius 3 is 1.33 bits per heavy atom. The minimum atomic E-state index is -3.11. The Hall–Kier alpha value is 0.692. The molecule has 6 heteroatoms. The molecule has 0 aliphatic carbocycles. The molecule has 0 saturated heterocycles. The van der Waals surface area contributed by atoms with Crippen molar-refractivity contribution in [1.82, 2.24) is 6.15 Å². The number of rotatable bonds is 0. The topological polar surface area (TPSA) is 93.7 Å². The van der Waals surface area contributed by atoms with Gasteiger partial charge >= 0.3 is 20.4 Å². The fourth-order valence-corrected chi connectivity index (χ4v) is 0. The average molecular weight is 200 g/mol. The van der Waals surface area contributed by atoms with E-state index in [2.05, 4.69) is 0 Å². The van der Waals surface area contributed by atoms with Crippen LogP contribution in [0.4, 0.5) is 0 Å². The van der Waals surface area contributed by atoms with Gasteiger partial charge in [0.05, 0.1) is 0 Å². The predicted octanol–water partition coefficient (Wildman–Crippen LogP) is -1.49. The molecule has 0 spiro atoms. The van der Waals surface area contributed by atoms with Gasteiger partial charge in [-0.15, -0.1) is 11.4 Å². The second-order valence-electron chi connectivity index (χ2n) is 0.204. The molecule has 0 bridgehead atoms. The van der Waals surface area contributed by atoms with Gasteiger partial charge < -0.3 is 9.11 Å². The summed E-state index contributed by atoms with van der Waals surface area (Å²) in [5.41, 5.74) is 0. The molecule has 0 heterocycles. The fourth-order valence-electron chi connectivity index (χ4n) is 0. The Balaban J connectivity index is -0.0000000450. The summed E-state index contributed by atoms with van der Waals surface area (Å²) in [6.45, 7) is 0. The minimum absolute atomic E-state index is 0. The Kier molecular flexibility index (Phi) is 24.4. The summed E-state index contributed by atoms with van der Waals surface area (Å²) < 4.78 is 25.3. The van der Waals surface area contributed by atoms with E-state index in [1.165, 1.54) is 0 Å². The molecule has 0 amide bonds. The molecule has 0 aromatic carbocycles. The van der Waals surface area contributed by atoms with E-state index in [0.29, 0.717) is 0 Å². The third-order valence-electron chi connectivity index (χ3n) is 0. The van der Waals surface area contributed by atoms with Gasteiger partial charge in [0.2, 0.25) is 0 Å². The molecule has 0 aromatic rings. The molecule has 3 radical (unpaired) electrons. The monoisotopic (exact) mass is 200 g/mol. The first kappa shape index (κ1) is 15.9. The van der Waals surface area contributed by atoms with E-state index < -0.39 is 11.4 Å². The van der Waals surface area contributed by atoms with Crippen molar-refractivity contribution in [2.45, 2.75) is 0 Å². The molecule has 0 atom stereocenters. The standard InChI is InChI=1S/N.H2O3S.Pd/c;1-4(2)3;/h;(H2,1,2,3);/q;;+2/p-2. The molecular formula is NO3PdS. The molecule has 0 rings (SSSR count). The van der Waals surface area contributed by atoms with E-state index in [4.69, 9.17) is 13.3 Å². The van der Waals surface area contributed by atoms with E-state index in [9.17, 15) is 0 Å². The first-order valence-electron chi connectivity index (χ1n) is 0.500. The zero-order valence-electron chi connectivity index (χ0n) is 2.40. The van der Waals surface area contributed by atoms with Crippen LogP contribution >= 0.6 is 0 Å². The van der Waals surface area contributed by atoms with Gasteiger partial charge in [-0.2, -0.15) is 0 Å². The van der Waals surface area contributed by atoms with Crippen LogP contribution in [0.5, 0.6) is 0 Å². The van der Waals surface area contributed by atoms with E-state index >= 15 is 0 Å². The smallest absolute Gasteiger partial charge is 0.784 e. The molecule has 0 unspecified atom stereocenters. The fraction of sp³-hybridized carbons (Fsp3) is 0. The maximum atomic E-state index is 8.44. The Morgan fingerprint density at radius 1 is 1.33 bits per heavy atom. The van der Waals surface area contributed by atoms with Crippen molar-refractivity contribution >= 4 is 11.4 Å². The maximum absolute atomic E-state index is 8.44. The van der Waals surface area contributed by atoms with E-state index in [0.717, 1.165) is 0 Å². The van der Waals surface area contributed by atoms with Crippen LogP contribution in [0.2, 0.25) is 0 Å². The summed E-state index contributed by atoms with van der Waals surface area (Å²) in [6.07, 6.45) is 0. The van der Waals surface area contributed by atoms with Crippen molar-refractivity contribution in [2.75, 3.05) is 0 Å². The van der Waals surface area contributed by atoms with Gasteiger partial charge in [0, 0.05) is 6.15 Å². The van der Waals surface area contributed by atoms with Crippen LogP contribution in [0.15, 0.2) is 0 Å². The van der Waals surface area contributed by atoms with Crippen molar-refractivity contribution in [3.8, 4) is 0 Å². The van der Waals surface area contributed by atoms with Crippen LogP contribution in [-0.2, 0) is 31.8 Å². The zero-order chi connectivity index (χ0) is 3.58. The van der Waals surface area contributed by atoms with Gasteiger partial charge in [-0.25, -0.2) is 0 Å². The van der Waals surface area contributed by atoms with Crippen molar-refractivity contribution in [2.24, 2.45) is 0 Å². The van der Waals surface area contributed by atoms with Crippen LogP contribution in [0, 0.1) is 0 Å². The summed E-state index contributed by atoms with van der Waals surface area (Å²) in [5, 5.41) is 0. The molecule has 6 heavy (non-hydrogen) atoms. The molecule has 0 aromatic heterocycles. The quantitative estimate of drug-likeness (QED) is 0.352. The molecule has 0 saturated carbocycles. The zero-order valence-corrected chi connectivity index (χ0v) is 4.77. The molecular weight excluding hydrogens is 200 g/mol. The van der Waals surface area contributed by atoms with Crippen LogP contribution in [-0.4, -0.2) is 13.3 Å². The van der Waals surface area contributed by atoms with Crippen molar-refractivity contribution in [1.29, 1.82) is 0 Å².